The van der Waals surface area contributed by atoms with Crippen LogP contribution >= 0.6 is 0 Å². The third-order valence-electron chi connectivity index (χ3n) is 9.55. The van der Waals surface area contributed by atoms with Gasteiger partial charge in [0.15, 0.2) is 0 Å². The molecule has 0 heterocycles. The Hall–Kier alpha value is -1.06. The van der Waals surface area contributed by atoms with Crippen LogP contribution < -0.4 is 0 Å². The maximum atomic E-state index is 11.4. The molecule has 0 radical (unpaired) electrons. The Morgan fingerprint density at radius 1 is 1.04 bits per heavy atom. The molecule has 1 N–H and O–H groups in total. The van der Waals surface area contributed by atoms with Gasteiger partial charge in [0.05, 0.1) is 0 Å². The van der Waals surface area contributed by atoms with Crippen molar-refractivity contribution in [1.29, 1.82) is 0 Å². The summed E-state index contributed by atoms with van der Waals surface area (Å²) in [5.41, 5.74) is 0.412. The SMILES string of the molecule is CC(=O)OC1CCC2(C)C(CCC3C4CCC(C(C)CC(=O)O)C4CCC32)C1. The fourth-order valence-corrected chi connectivity index (χ4v) is 8.39. The van der Waals surface area contributed by atoms with Gasteiger partial charge in [0.25, 0.3) is 0 Å². The normalized spacial score (nSPS) is 46.0. The molecule has 0 amide bonds. The lowest BCUT2D eigenvalue weighted by atomic mass is 9.46. The molecular weight excluding hydrogens is 352 g/mol. The molecule has 0 spiro atoms. The van der Waals surface area contributed by atoms with E-state index in [4.69, 9.17) is 4.74 Å². The highest BCUT2D eigenvalue weighted by Crippen LogP contribution is 2.64. The molecule has 9 unspecified atom stereocenters. The number of hydrogen-bond acceptors (Lipinski definition) is 3. The van der Waals surface area contributed by atoms with Crippen LogP contribution in [0.1, 0.15) is 85.0 Å². The Morgan fingerprint density at radius 3 is 2.46 bits per heavy atom. The van der Waals surface area contributed by atoms with E-state index in [1.54, 1.807) is 0 Å². The number of esters is 1. The number of rotatable bonds is 4. The van der Waals surface area contributed by atoms with Crippen LogP contribution in [0.2, 0.25) is 0 Å². The summed E-state index contributed by atoms with van der Waals surface area (Å²) in [6.07, 6.45) is 11.6. The Morgan fingerprint density at radius 2 is 1.75 bits per heavy atom. The smallest absolute Gasteiger partial charge is 0.303 e. The lowest BCUT2D eigenvalue weighted by Crippen LogP contribution is -2.52. The summed E-state index contributed by atoms with van der Waals surface area (Å²) in [7, 11) is 0. The van der Waals surface area contributed by atoms with E-state index < -0.39 is 5.97 Å². The third-order valence-corrected chi connectivity index (χ3v) is 9.55. The van der Waals surface area contributed by atoms with Crippen LogP contribution in [0.25, 0.3) is 0 Å². The Balaban J connectivity index is 1.45. The Kier molecular flexibility index (Phi) is 5.52. The predicted octanol–water partition coefficient (Wildman–Crippen LogP) is 5.30. The summed E-state index contributed by atoms with van der Waals surface area (Å²) < 4.78 is 5.58. The molecule has 0 bridgehead atoms. The molecule has 4 heteroatoms. The van der Waals surface area contributed by atoms with E-state index in [9.17, 15) is 14.7 Å². The van der Waals surface area contributed by atoms with E-state index in [1.807, 2.05) is 0 Å². The Labute approximate surface area is 169 Å². The number of carbonyl (C=O) groups is 2. The Bertz CT molecular complexity index is 616. The van der Waals surface area contributed by atoms with Crippen molar-refractivity contribution in [3.63, 3.8) is 0 Å². The number of aliphatic carboxylic acids is 1. The summed E-state index contributed by atoms with van der Waals surface area (Å²) in [5, 5.41) is 9.24. The zero-order chi connectivity index (χ0) is 20.1. The first-order chi connectivity index (χ1) is 13.3. The van der Waals surface area contributed by atoms with Crippen molar-refractivity contribution in [1.82, 2.24) is 0 Å². The summed E-state index contributed by atoms with van der Waals surface area (Å²) in [4.78, 5) is 22.6. The first-order valence-corrected chi connectivity index (χ1v) is 11.7. The minimum absolute atomic E-state index is 0.129. The van der Waals surface area contributed by atoms with Crippen LogP contribution in [0.3, 0.4) is 0 Å². The molecule has 0 aromatic heterocycles. The summed E-state index contributed by atoms with van der Waals surface area (Å²) in [5.74, 6) is 4.11. The molecular formula is C24H38O4. The topological polar surface area (TPSA) is 63.6 Å². The van der Waals surface area contributed by atoms with Gasteiger partial charge in [-0.15, -0.1) is 0 Å². The second kappa shape index (κ2) is 7.65. The fourth-order valence-electron chi connectivity index (χ4n) is 8.39. The average Bonchev–Trinajstić information content (AvgIpc) is 3.05. The molecule has 158 valence electrons. The van der Waals surface area contributed by atoms with Gasteiger partial charge >= 0.3 is 11.9 Å². The van der Waals surface area contributed by atoms with Gasteiger partial charge < -0.3 is 9.84 Å². The van der Waals surface area contributed by atoms with Crippen molar-refractivity contribution in [2.24, 2.45) is 46.8 Å². The second-order valence-electron chi connectivity index (χ2n) is 10.8. The number of carboxylic acids is 1. The lowest BCUT2D eigenvalue weighted by Gasteiger charge is -2.59. The fraction of sp³-hybridized carbons (Fsp3) is 0.917. The quantitative estimate of drug-likeness (QED) is 0.662. The van der Waals surface area contributed by atoms with Crippen LogP contribution in [-0.4, -0.2) is 23.1 Å². The predicted molar refractivity (Wildman–Crippen MR) is 108 cm³/mol. The van der Waals surface area contributed by atoms with Gasteiger partial charge in [-0.1, -0.05) is 13.8 Å². The minimum atomic E-state index is -0.637. The van der Waals surface area contributed by atoms with Gasteiger partial charge in [-0.05, 0) is 105 Å². The van der Waals surface area contributed by atoms with E-state index in [2.05, 4.69) is 13.8 Å². The van der Waals surface area contributed by atoms with Gasteiger partial charge in [-0.3, -0.25) is 9.59 Å². The lowest BCUT2D eigenvalue weighted by molar-refractivity contribution is -0.157. The number of carbonyl (C=O) groups excluding carboxylic acids is 1. The standard InChI is InChI=1S/C24H38O4/c1-14(12-23(26)27)18-6-7-20-19(18)8-9-22-21(20)5-4-16-13-17(28-15(2)25)10-11-24(16,22)3/h14,16-22H,4-13H2,1-3H3,(H,26,27). The molecule has 0 saturated heterocycles. The molecule has 0 aromatic rings. The highest BCUT2D eigenvalue weighted by atomic mass is 16.5. The molecule has 9 atom stereocenters. The number of ether oxygens (including phenoxy) is 1. The summed E-state index contributed by atoms with van der Waals surface area (Å²) in [6, 6.07) is 0. The molecule has 0 aromatic carbocycles. The third kappa shape index (κ3) is 3.50. The first kappa shape index (κ1) is 20.2. The summed E-state index contributed by atoms with van der Waals surface area (Å²) in [6.45, 7) is 6.24. The largest absolute Gasteiger partial charge is 0.481 e. The minimum Gasteiger partial charge on any atom is -0.481 e. The molecule has 4 aliphatic carbocycles. The number of hydrogen-bond donors (Lipinski definition) is 1. The van der Waals surface area contributed by atoms with Crippen molar-refractivity contribution >= 4 is 11.9 Å². The molecule has 4 nitrogen and oxygen atoms in total. The number of fused-ring (bicyclic) bond motifs is 5. The summed E-state index contributed by atoms with van der Waals surface area (Å²) >= 11 is 0. The highest BCUT2D eigenvalue weighted by Gasteiger charge is 2.57. The number of carboxylic acid groups (broad SMARTS) is 1. The van der Waals surface area contributed by atoms with E-state index in [-0.39, 0.29) is 12.1 Å². The maximum absolute atomic E-state index is 11.4. The molecule has 4 saturated carbocycles. The molecule has 28 heavy (non-hydrogen) atoms. The van der Waals surface area contributed by atoms with Crippen molar-refractivity contribution < 1.29 is 19.4 Å². The molecule has 4 fully saturated rings. The first-order valence-electron chi connectivity index (χ1n) is 11.7. The highest BCUT2D eigenvalue weighted by molar-refractivity contribution is 5.67. The van der Waals surface area contributed by atoms with Crippen LogP contribution in [0.5, 0.6) is 0 Å². The van der Waals surface area contributed by atoms with Crippen molar-refractivity contribution in [3.05, 3.63) is 0 Å². The van der Waals surface area contributed by atoms with Gasteiger partial charge in [0.2, 0.25) is 0 Å². The maximum Gasteiger partial charge on any atom is 0.303 e. The van der Waals surface area contributed by atoms with Crippen LogP contribution in [0.4, 0.5) is 0 Å². The van der Waals surface area contributed by atoms with Crippen LogP contribution in [0, 0.1) is 46.8 Å². The zero-order valence-electron chi connectivity index (χ0n) is 17.9. The molecule has 0 aliphatic heterocycles. The van der Waals surface area contributed by atoms with E-state index in [0.717, 1.165) is 36.5 Å². The zero-order valence-corrected chi connectivity index (χ0v) is 17.9. The van der Waals surface area contributed by atoms with Crippen molar-refractivity contribution in [3.8, 4) is 0 Å². The van der Waals surface area contributed by atoms with Gasteiger partial charge in [-0.2, -0.15) is 0 Å². The monoisotopic (exact) mass is 390 g/mol. The average molecular weight is 391 g/mol. The van der Waals surface area contributed by atoms with E-state index in [0.29, 0.717) is 29.6 Å². The second-order valence-corrected chi connectivity index (χ2v) is 10.8. The van der Waals surface area contributed by atoms with E-state index in [1.165, 1.54) is 51.9 Å². The van der Waals surface area contributed by atoms with Crippen molar-refractivity contribution in [2.75, 3.05) is 0 Å². The van der Waals surface area contributed by atoms with E-state index >= 15 is 0 Å². The van der Waals surface area contributed by atoms with Gasteiger partial charge in [-0.25, -0.2) is 0 Å². The molecule has 4 rings (SSSR count). The van der Waals surface area contributed by atoms with Crippen LogP contribution in [0.15, 0.2) is 0 Å². The van der Waals surface area contributed by atoms with Gasteiger partial charge in [0.1, 0.15) is 6.10 Å². The molecule has 4 aliphatic rings. The van der Waals surface area contributed by atoms with Crippen molar-refractivity contribution in [2.45, 2.75) is 91.1 Å². The van der Waals surface area contributed by atoms with Crippen LogP contribution in [-0.2, 0) is 14.3 Å². The van der Waals surface area contributed by atoms with Gasteiger partial charge in [0, 0.05) is 13.3 Å².